The van der Waals surface area contributed by atoms with Gasteiger partial charge in [0.2, 0.25) is 0 Å². The van der Waals surface area contributed by atoms with Gasteiger partial charge < -0.3 is 11.1 Å². The van der Waals surface area contributed by atoms with Gasteiger partial charge in [-0.1, -0.05) is 18.2 Å². The lowest BCUT2D eigenvalue weighted by molar-refractivity contribution is 0.0976. The Morgan fingerprint density at radius 2 is 2.00 bits per heavy atom. The molecular formula is C10H13N3OS. The minimum Gasteiger partial charge on any atom is -0.361 e. The summed E-state index contributed by atoms with van der Waals surface area (Å²) in [6, 6.07) is 8.89. The molecule has 4 N–H and O–H groups in total. The molecular weight excluding hydrogens is 210 g/mol. The molecule has 4 nitrogen and oxygen atoms in total. The van der Waals surface area contributed by atoms with Gasteiger partial charge in [-0.15, -0.1) is 0 Å². The first kappa shape index (κ1) is 11.6. The summed E-state index contributed by atoms with van der Waals surface area (Å²) < 4.78 is 0. The highest BCUT2D eigenvalue weighted by molar-refractivity contribution is 7.80. The van der Waals surface area contributed by atoms with E-state index in [1.165, 1.54) is 0 Å². The molecule has 0 atom stereocenters. The molecule has 80 valence electrons. The van der Waals surface area contributed by atoms with Crippen molar-refractivity contribution in [3.05, 3.63) is 35.9 Å². The third-order valence-electron chi connectivity index (χ3n) is 1.69. The quantitative estimate of drug-likeness (QED) is 0.643. The van der Waals surface area contributed by atoms with Crippen LogP contribution in [-0.4, -0.2) is 24.1 Å². The normalized spacial score (nSPS) is 9.40. The number of benzene rings is 1. The van der Waals surface area contributed by atoms with E-state index >= 15 is 0 Å². The molecule has 0 spiro atoms. The van der Waals surface area contributed by atoms with Gasteiger partial charge in [0, 0.05) is 18.7 Å². The van der Waals surface area contributed by atoms with Crippen LogP contribution in [-0.2, 0) is 0 Å². The number of thiocarbonyl (C=S) groups is 1. The molecule has 15 heavy (non-hydrogen) atoms. The van der Waals surface area contributed by atoms with Crippen LogP contribution in [0.1, 0.15) is 10.4 Å². The Hall–Kier alpha value is -1.46. The summed E-state index contributed by atoms with van der Waals surface area (Å²) in [5.74, 6) is -0.217. The molecule has 0 aromatic heterocycles. The van der Waals surface area contributed by atoms with Gasteiger partial charge in [-0.3, -0.25) is 10.1 Å². The molecule has 1 rings (SSSR count). The standard InChI is InChI=1S/C10H13N3OS/c11-6-7-12-10(15)13-9(14)8-4-2-1-3-5-8/h1-5H,6-7,11H2,(H2,12,13,14,15). The minimum atomic E-state index is -0.217. The van der Waals surface area contributed by atoms with Crippen molar-refractivity contribution in [2.45, 2.75) is 0 Å². The Balaban J connectivity index is 2.46. The fraction of sp³-hybridized carbons (Fsp3) is 0.200. The third kappa shape index (κ3) is 4.05. The number of rotatable bonds is 3. The van der Waals surface area contributed by atoms with E-state index in [2.05, 4.69) is 10.6 Å². The Bertz CT molecular complexity index is 340. The Morgan fingerprint density at radius 3 is 2.60 bits per heavy atom. The van der Waals surface area contributed by atoms with Crippen LogP contribution in [0.4, 0.5) is 0 Å². The van der Waals surface area contributed by atoms with Crippen LogP contribution in [0.2, 0.25) is 0 Å². The van der Waals surface area contributed by atoms with Crippen LogP contribution in [0.25, 0.3) is 0 Å². The van der Waals surface area contributed by atoms with E-state index in [1.807, 2.05) is 6.07 Å². The molecule has 1 aromatic carbocycles. The first-order valence-corrected chi connectivity index (χ1v) is 4.99. The molecule has 0 saturated carbocycles. The van der Waals surface area contributed by atoms with Crippen molar-refractivity contribution in [1.29, 1.82) is 0 Å². The van der Waals surface area contributed by atoms with Crippen LogP contribution in [0.3, 0.4) is 0 Å². The topological polar surface area (TPSA) is 67.2 Å². The van der Waals surface area contributed by atoms with E-state index < -0.39 is 0 Å². The number of hydrogen-bond acceptors (Lipinski definition) is 3. The van der Waals surface area contributed by atoms with Crippen LogP contribution in [0.5, 0.6) is 0 Å². The number of carbonyl (C=O) groups is 1. The monoisotopic (exact) mass is 223 g/mol. The van der Waals surface area contributed by atoms with E-state index in [4.69, 9.17) is 18.0 Å². The number of hydrogen-bond donors (Lipinski definition) is 3. The molecule has 0 radical (unpaired) electrons. The molecule has 0 heterocycles. The first-order chi connectivity index (χ1) is 7.24. The van der Waals surface area contributed by atoms with Crippen molar-refractivity contribution in [2.24, 2.45) is 5.73 Å². The second-order valence-electron chi connectivity index (χ2n) is 2.86. The molecule has 1 aromatic rings. The minimum absolute atomic E-state index is 0.217. The van der Waals surface area contributed by atoms with Crippen molar-refractivity contribution >= 4 is 23.2 Å². The molecule has 0 aliphatic rings. The summed E-state index contributed by atoms with van der Waals surface area (Å²) in [6.45, 7) is 1.02. The second kappa shape index (κ2) is 6.10. The molecule has 1 amide bonds. The van der Waals surface area contributed by atoms with Gasteiger partial charge in [-0.25, -0.2) is 0 Å². The molecule has 0 bridgehead atoms. The van der Waals surface area contributed by atoms with Gasteiger partial charge in [0.15, 0.2) is 5.11 Å². The van der Waals surface area contributed by atoms with E-state index in [0.29, 0.717) is 23.8 Å². The first-order valence-electron chi connectivity index (χ1n) is 4.58. The van der Waals surface area contributed by atoms with Crippen LogP contribution in [0, 0.1) is 0 Å². The Kier molecular flexibility index (Phi) is 4.73. The zero-order chi connectivity index (χ0) is 11.1. The van der Waals surface area contributed by atoms with Crippen LogP contribution in [0.15, 0.2) is 30.3 Å². The van der Waals surface area contributed by atoms with E-state index in [0.717, 1.165) is 0 Å². The van der Waals surface area contributed by atoms with E-state index in [-0.39, 0.29) is 5.91 Å². The number of amides is 1. The molecule has 5 heteroatoms. The maximum absolute atomic E-state index is 11.5. The van der Waals surface area contributed by atoms with Crippen molar-refractivity contribution in [1.82, 2.24) is 10.6 Å². The lowest BCUT2D eigenvalue weighted by atomic mass is 10.2. The van der Waals surface area contributed by atoms with Crippen LogP contribution < -0.4 is 16.4 Å². The van der Waals surface area contributed by atoms with Gasteiger partial charge >= 0.3 is 0 Å². The average molecular weight is 223 g/mol. The zero-order valence-electron chi connectivity index (χ0n) is 8.19. The highest BCUT2D eigenvalue weighted by Crippen LogP contribution is 1.97. The van der Waals surface area contributed by atoms with E-state index in [1.54, 1.807) is 24.3 Å². The summed E-state index contributed by atoms with van der Waals surface area (Å²) in [4.78, 5) is 11.5. The maximum Gasteiger partial charge on any atom is 0.257 e. The molecule has 0 aliphatic heterocycles. The summed E-state index contributed by atoms with van der Waals surface area (Å²) in [5, 5.41) is 5.66. The number of nitrogens with two attached hydrogens (primary N) is 1. The molecule has 0 fully saturated rings. The van der Waals surface area contributed by atoms with Gasteiger partial charge in [0.1, 0.15) is 0 Å². The van der Waals surface area contributed by atoms with Crippen molar-refractivity contribution in [3.63, 3.8) is 0 Å². The molecule has 0 unspecified atom stereocenters. The second-order valence-corrected chi connectivity index (χ2v) is 3.27. The summed E-state index contributed by atoms with van der Waals surface area (Å²) in [5.41, 5.74) is 5.86. The van der Waals surface area contributed by atoms with Crippen LogP contribution >= 0.6 is 12.2 Å². The average Bonchev–Trinajstić information content (AvgIpc) is 2.27. The smallest absolute Gasteiger partial charge is 0.257 e. The zero-order valence-corrected chi connectivity index (χ0v) is 9.01. The third-order valence-corrected chi connectivity index (χ3v) is 1.94. The largest absolute Gasteiger partial charge is 0.361 e. The fourth-order valence-corrected chi connectivity index (χ4v) is 1.19. The highest BCUT2D eigenvalue weighted by atomic mass is 32.1. The fourth-order valence-electron chi connectivity index (χ4n) is 0.995. The maximum atomic E-state index is 11.5. The van der Waals surface area contributed by atoms with Crippen molar-refractivity contribution in [2.75, 3.05) is 13.1 Å². The predicted octanol–water partition coefficient (Wildman–Crippen LogP) is 0.250. The Morgan fingerprint density at radius 1 is 1.33 bits per heavy atom. The van der Waals surface area contributed by atoms with Crippen molar-refractivity contribution < 1.29 is 4.79 Å². The summed E-state index contributed by atoms with van der Waals surface area (Å²) in [6.07, 6.45) is 0. The molecule has 0 saturated heterocycles. The van der Waals surface area contributed by atoms with Crippen molar-refractivity contribution in [3.8, 4) is 0 Å². The van der Waals surface area contributed by atoms with Gasteiger partial charge in [0.25, 0.3) is 5.91 Å². The number of nitrogens with one attached hydrogen (secondary N) is 2. The predicted molar refractivity (Wildman–Crippen MR) is 63.6 cm³/mol. The summed E-state index contributed by atoms with van der Waals surface area (Å²) >= 11 is 4.90. The number of carbonyl (C=O) groups excluding carboxylic acids is 1. The van der Waals surface area contributed by atoms with E-state index in [9.17, 15) is 4.79 Å². The summed E-state index contributed by atoms with van der Waals surface area (Å²) in [7, 11) is 0. The van der Waals surface area contributed by atoms with Gasteiger partial charge in [-0.05, 0) is 24.4 Å². The van der Waals surface area contributed by atoms with Gasteiger partial charge in [0.05, 0.1) is 0 Å². The van der Waals surface area contributed by atoms with Gasteiger partial charge in [-0.2, -0.15) is 0 Å². The highest BCUT2D eigenvalue weighted by Gasteiger charge is 2.05. The lowest BCUT2D eigenvalue weighted by Gasteiger charge is -2.07. The Labute approximate surface area is 93.9 Å². The SMILES string of the molecule is NCCNC(=S)NC(=O)c1ccccc1. The lowest BCUT2D eigenvalue weighted by Crippen LogP contribution is -2.41. The molecule has 0 aliphatic carbocycles.